The van der Waals surface area contributed by atoms with E-state index < -0.39 is 26.6 Å². The predicted octanol–water partition coefficient (Wildman–Crippen LogP) is 18.5. The van der Waals surface area contributed by atoms with Crippen molar-refractivity contribution in [2.24, 2.45) is 0 Å². The van der Waals surface area contributed by atoms with Gasteiger partial charge in [-0.3, -0.25) is 14.2 Å². The summed E-state index contributed by atoms with van der Waals surface area (Å²) in [5.41, 5.74) is 0. The number of hydrogen-bond acceptors (Lipinski definition) is 7. The molecule has 0 rings (SSSR count). The molecule has 0 saturated carbocycles. The average molecular weight is 1090 g/mol. The van der Waals surface area contributed by atoms with Crippen molar-refractivity contribution in [2.45, 2.75) is 251 Å². The molecule has 9 nitrogen and oxygen atoms in total. The van der Waals surface area contributed by atoms with Crippen LogP contribution in [0.3, 0.4) is 0 Å². The number of allylic oxidation sites excluding steroid dienone is 19. The van der Waals surface area contributed by atoms with Crippen LogP contribution in [0.4, 0.5) is 0 Å². The molecule has 0 aromatic rings. The van der Waals surface area contributed by atoms with Gasteiger partial charge in [-0.15, -0.1) is 0 Å². The molecular weight excluding hydrogens is 976 g/mol. The number of nitrogens with one attached hydrogen (secondary N) is 1. The molecule has 3 unspecified atom stereocenters. The molecular formula is C67H115N2O7P. The van der Waals surface area contributed by atoms with Crippen LogP contribution in [0.15, 0.2) is 122 Å². The van der Waals surface area contributed by atoms with Crippen molar-refractivity contribution >= 4 is 19.7 Å². The molecule has 77 heavy (non-hydrogen) atoms. The Balaban J connectivity index is 5.32. The van der Waals surface area contributed by atoms with E-state index in [1.165, 1.54) is 51.4 Å². The third kappa shape index (κ3) is 56.9. The second kappa shape index (κ2) is 55.7. The quantitative estimate of drug-likeness (QED) is 0.0212. The van der Waals surface area contributed by atoms with Gasteiger partial charge >= 0.3 is 5.97 Å². The number of likely N-dealkylation sites (N-methyl/N-ethyl adjacent to an activating group) is 1. The molecule has 0 fully saturated rings. The first-order valence-electron chi connectivity index (χ1n) is 30.8. The molecule has 0 aromatic heterocycles. The minimum atomic E-state index is -4.72. The summed E-state index contributed by atoms with van der Waals surface area (Å²) in [5, 5.41) is 3.01. The normalized spacial score (nSPS) is 14.5. The summed E-state index contributed by atoms with van der Waals surface area (Å²) >= 11 is 0. The van der Waals surface area contributed by atoms with Crippen molar-refractivity contribution in [1.29, 1.82) is 0 Å². The lowest BCUT2D eigenvalue weighted by atomic mass is 10.0. The molecule has 440 valence electrons. The Kier molecular flexibility index (Phi) is 53.1. The predicted molar refractivity (Wildman–Crippen MR) is 330 cm³/mol. The van der Waals surface area contributed by atoms with E-state index in [0.29, 0.717) is 23.9 Å². The second-order valence-corrected chi connectivity index (χ2v) is 22.9. The largest absolute Gasteiger partial charge is 0.756 e. The van der Waals surface area contributed by atoms with Gasteiger partial charge in [-0.25, -0.2) is 0 Å². The lowest BCUT2D eigenvalue weighted by Crippen LogP contribution is -2.47. The van der Waals surface area contributed by atoms with Gasteiger partial charge < -0.3 is 28.5 Å². The Morgan fingerprint density at radius 2 is 0.831 bits per heavy atom. The maximum Gasteiger partial charge on any atom is 0.306 e. The number of phosphoric ester groups is 1. The first kappa shape index (κ1) is 73.4. The Morgan fingerprint density at radius 1 is 0.468 bits per heavy atom. The molecule has 0 bridgehead atoms. The number of carbonyl (C=O) groups is 2. The Labute approximate surface area is 473 Å². The highest BCUT2D eigenvalue weighted by molar-refractivity contribution is 7.45. The maximum absolute atomic E-state index is 13.5. The third-order valence-electron chi connectivity index (χ3n) is 12.9. The second-order valence-electron chi connectivity index (χ2n) is 21.4. The van der Waals surface area contributed by atoms with Crippen LogP contribution >= 0.6 is 7.82 Å². The fraction of sp³-hybridized carbons (Fsp3) is 0.672. The lowest BCUT2D eigenvalue weighted by molar-refractivity contribution is -0.870. The van der Waals surface area contributed by atoms with Gasteiger partial charge in [-0.05, 0) is 115 Å². The molecule has 0 aliphatic rings. The van der Waals surface area contributed by atoms with E-state index in [0.717, 1.165) is 141 Å². The molecule has 3 atom stereocenters. The highest BCUT2D eigenvalue weighted by atomic mass is 31.2. The van der Waals surface area contributed by atoms with Gasteiger partial charge in [0.1, 0.15) is 19.3 Å². The van der Waals surface area contributed by atoms with Gasteiger partial charge in [0.05, 0.1) is 33.8 Å². The molecule has 0 aliphatic heterocycles. The molecule has 0 spiro atoms. The monoisotopic (exact) mass is 1090 g/mol. The van der Waals surface area contributed by atoms with E-state index in [1.54, 1.807) is 0 Å². The molecule has 0 aromatic carbocycles. The number of unbranched alkanes of at least 4 members (excludes halogenated alkanes) is 20. The lowest BCUT2D eigenvalue weighted by Gasteiger charge is -2.30. The van der Waals surface area contributed by atoms with Gasteiger partial charge in [-0.2, -0.15) is 0 Å². The summed E-state index contributed by atoms with van der Waals surface area (Å²) in [4.78, 5) is 40.0. The number of nitrogens with zero attached hydrogens (tertiary/aromatic N) is 1. The number of phosphoric acid groups is 1. The summed E-state index contributed by atoms with van der Waals surface area (Å²) in [6.07, 6.45) is 77.3. The van der Waals surface area contributed by atoms with Gasteiger partial charge in [0.15, 0.2) is 0 Å². The zero-order valence-electron chi connectivity index (χ0n) is 50.1. The Hall–Kier alpha value is -3.59. The third-order valence-corrected chi connectivity index (χ3v) is 13.9. The summed E-state index contributed by atoms with van der Waals surface area (Å²) in [6, 6.07) is -0.914. The number of hydrogen-bond donors (Lipinski definition) is 1. The van der Waals surface area contributed by atoms with Crippen LogP contribution in [0.2, 0.25) is 0 Å². The van der Waals surface area contributed by atoms with E-state index in [1.807, 2.05) is 33.3 Å². The van der Waals surface area contributed by atoms with E-state index in [-0.39, 0.29) is 31.3 Å². The molecule has 0 aliphatic carbocycles. The minimum absolute atomic E-state index is 0.0361. The number of carbonyl (C=O) groups excluding carboxylic acids is 2. The summed E-state index contributed by atoms with van der Waals surface area (Å²) in [6.45, 7) is 6.57. The van der Waals surface area contributed by atoms with Gasteiger partial charge in [0.25, 0.3) is 7.82 Å². The van der Waals surface area contributed by atoms with Gasteiger partial charge in [-0.1, -0.05) is 233 Å². The minimum Gasteiger partial charge on any atom is -0.756 e. The topological polar surface area (TPSA) is 114 Å². The fourth-order valence-corrected chi connectivity index (χ4v) is 8.91. The fourth-order valence-electron chi connectivity index (χ4n) is 8.19. The first-order valence-corrected chi connectivity index (χ1v) is 32.3. The summed E-state index contributed by atoms with van der Waals surface area (Å²) < 4.78 is 30.3. The molecule has 0 heterocycles. The van der Waals surface area contributed by atoms with Crippen LogP contribution in [-0.2, 0) is 27.9 Å². The van der Waals surface area contributed by atoms with Crippen LogP contribution in [0, 0.1) is 0 Å². The average Bonchev–Trinajstić information content (AvgIpc) is 3.39. The summed E-state index contributed by atoms with van der Waals surface area (Å²) in [5.74, 6) is -0.594. The van der Waals surface area contributed by atoms with Crippen LogP contribution in [0.5, 0.6) is 0 Å². The Morgan fingerprint density at radius 3 is 1.25 bits per heavy atom. The number of amides is 1. The SMILES string of the molecule is CC/C=C\C/C=C\C/C=C\C/C=C\C/C=C\C/C=C\CCCCCCC(=O)OC(/C=C\CCCCCCCCCCCC)C(COP(=O)([O-])OCC[N+](C)(C)C)NC(=O)CCCCCCCC/C=C/C/C=C/C/C=C/CC. The van der Waals surface area contributed by atoms with Gasteiger partial charge in [0.2, 0.25) is 5.91 Å². The molecule has 1 amide bonds. The highest BCUT2D eigenvalue weighted by Crippen LogP contribution is 2.38. The van der Waals surface area contributed by atoms with Crippen LogP contribution in [-0.4, -0.2) is 69.4 Å². The van der Waals surface area contributed by atoms with Crippen LogP contribution in [0.25, 0.3) is 0 Å². The molecule has 0 saturated heterocycles. The Bertz CT molecular complexity index is 1730. The van der Waals surface area contributed by atoms with E-state index >= 15 is 0 Å². The van der Waals surface area contributed by atoms with Crippen molar-refractivity contribution in [2.75, 3.05) is 40.9 Å². The van der Waals surface area contributed by atoms with Crippen molar-refractivity contribution in [1.82, 2.24) is 5.32 Å². The number of esters is 1. The smallest absolute Gasteiger partial charge is 0.306 e. The van der Waals surface area contributed by atoms with Crippen molar-refractivity contribution in [3.8, 4) is 0 Å². The highest BCUT2D eigenvalue weighted by Gasteiger charge is 2.27. The first-order chi connectivity index (χ1) is 37.4. The maximum atomic E-state index is 13.5. The zero-order valence-corrected chi connectivity index (χ0v) is 51.0. The molecule has 0 radical (unpaired) electrons. The van der Waals surface area contributed by atoms with Crippen LogP contribution in [0.1, 0.15) is 239 Å². The van der Waals surface area contributed by atoms with Crippen molar-refractivity contribution in [3.63, 3.8) is 0 Å². The van der Waals surface area contributed by atoms with Crippen LogP contribution < -0.4 is 10.2 Å². The molecule has 1 N–H and O–H groups in total. The number of rotatable bonds is 54. The number of quaternary nitrogens is 1. The summed E-state index contributed by atoms with van der Waals surface area (Å²) in [7, 11) is 1.14. The molecule has 10 heteroatoms. The van der Waals surface area contributed by atoms with E-state index in [2.05, 4.69) is 135 Å². The number of ether oxygens (including phenoxy) is 1. The van der Waals surface area contributed by atoms with E-state index in [9.17, 15) is 19.0 Å². The van der Waals surface area contributed by atoms with Crippen molar-refractivity contribution < 1.29 is 37.3 Å². The van der Waals surface area contributed by atoms with Crippen molar-refractivity contribution in [3.05, 3.63) is 122 Å². The zero-order chi connectivity index (χ0) is 56.4. The van der Waals surface area contributed by atoms with E-state index in [4.69, 9.17) is 13.8 Å². The standard InChI is InChI=1S/C67H115N2O7P/c1-7-10-13-16-19-22-25-28-30-32-33-34-35-36-37-38-40-42-45-48-51-54-57-60-67(71)76-65(58-55-52-49-46-43-27-24-21-18-15-12-9-3)64(63-75-77(72,73)74-62-61-69(4,5)6)68-66(70)59-56-53-50-47-44-41-39-31-29-26-23-20-17-14-11-8-2/h10-11,13-14,19-20,22-23,28-31,33-34,36-37,40,42,55,58,64-65H,7-9,12,15-18,21,24-27,32,35,38-39,41,43-54,56-57,59-63H2,1-6H3,(H-,68,70,72,73)/b13-10-,14-11+,22-19-,23-20+,30-28-,31-29+,34-33-,37-36-,42-40-,58-55-. The van der Waals surface area contributed by atoms with Gasteiger partial charge in [0, 0.05) is 12.8 Å².